The van der Waals surface area contributed by atoms with Crippen LogP contribution in [-0.2, 0) is 0 Å². The lowest BCUT2D eigenvalue weighted by molar-refractivity contribution is 0.0787. The second-order valence-electron chi connectivity index (χ2n) is 5.58. The Morgan fingerprint density at radius 2 is 1.68 bits per heavy atom. The Kier molecular flexibility index (Phi) is 5.58. The molecule has 0 spiro atoms. The minimum absolute atomic E-state index is 0. The lowest BCUT2D eigenvalue weighted by atomic mass is 10.0. The Morgan fingerprint density at radius 3 is 2.27 bits per heavy atom. The summed E-state index contributed by atoms with van der Waals surface area (Å²) in [7, 11) is 0. The maximum atomic E-state index is 12.4. The maximum absolute atomic E-state index is 12.4. The van der Waals surface area contributed by atoms with Crippen molar-refractivity contribution < 1.29 is 4.79 Å². The molecule has 22 heavy (non-hydrogen) atoms. The van der Waals surface area contributed by atoms with Crippen LogP contribution < -0.4 is 5.73 Å². The van der Waals surface area contributed by atoms with Crippen molar-refractivity contribution in [1.82, 2.24) is 4.90 Å². The second kappa shape index (κ2) is 7.43. The molecular weight excluding hydrogens is 296 g/mol. The van der Waals surface area contributed by atoms with E-state index in [1.165, 1.54) is 5.56 Å². The second-order valence-corrected chi connectivity index (χ2v) is 5.58. The molecule has 1 aliphatic heterocycles. The molecule has 0 aromatic heterocycles. The average molecular weight is 317 g/mol. The molecule has 1 unspecified atom stereocenters. The zero-order valence-corrected chi connectivity index (χ0v) is 13.3. The summed E-state index contributed by atoms with van der Waals surface area (Å²) < 4.78 is 0. The van der Waals surface area contributed by atoms with Gasteiger partial charge in [0.2, 0.25) is 0 Å². The normalized spacial score (nSPS) is 17.1. The Bertz CT molecular complexity index is 613. The minimum Gasteiger partial charge on any atom is -0.338 e. The fourth-order valence-electron chi connectivity index (χ4n) is 2.83. The number of benzene rings is 2. The summed E-state index contributed by atoms with van der Waals surface area (Å²) >= 11 is 0. The van der Waals surface area contributed by atoms with Gasteiger partial charge in [0, 0.05) is 18.7 Å². The molecule has 3 rings (SSSR count). The van der Waals surface area contributed by atoms with Gasteiger partial charge in [-0.05, 0) is 42.1 Å². The molecule has 0 aliphatic carbocycles. The maximum Gasteiger partial charge on any atom is 0.253 e. The van der Waals surface area contributed by atoms with Crippen molar-refractivity contribution in [2.24, 2.45) is 11.7 Å². The highest BCUT2D eigenvalue weighted by Gasteiger charge is 2.25. The predicted molar refractivity (Wildman–Crippen MR) is 92.2 cm³/mol. The third kappa shape index (κ3) is 3.49. The van der Waals surface area contributed by atoms with Gasteiger partial charge in [-0.1, -0.05) is 42.5 Å². The summed E-state index contributed by atoms with van der Waals surface area (Å²) in [4.78, 5) is 14.4. The van der Waals surface area contributed by atoms with Gasteiger partial charge in [0.25, 0.3) is 5.91 Å². The number of carbonyl (C=O) groups excluding carboxylic acids is 1. The summed E-state index contributed by atoms with van der Waals surface area (Å²) in [5.74, 6) is 0.572. The van der Waals surface area contributed by atoms with E-state index in [1.54, 1.807) is 0 Å². The molecule has 1 amide bonds. The highest BCUT2D eigenvalue weighted by molar-refractivity contribution is 5.94. The number of hydrogen-bond donors (Lipinski definition) is 1. The van der Waals surface area contributed by atoms with Crippen LogP contribution in [0.25, 0.3) is 11.1 Å². The van der Waals surface area contributed by atoms with Crippen molar-refractivity contribution in [3.05, 3.63) is 60.2 Å². The molecule has 116 valence electrons. The van der Waals surface area contributed by atoms with E-state index >= 15 is 0 Å². The van der Waals surface area contributed by atoms with Gasteiger partial charge in [0.05, 0.1) is 0 Å². The number of carbonyl (C=O) groups is 1. The van der Waals surface area contributed by atoms with Crippen molar-refractivity contribution in [1.29, 1.82) is 0 Å². The minimum atomic E-state index is 0. The van der Waals surface area contributed by atoms with Gasteiger partial charge in [-0.3, -0.25) is 4.79 Å². The molecule has 1 heterocycles. The van der Waals surface area contributed by atoms with Crippen LogP contribution in [0.4, 0.5) is 0 Å². The van der Waals surface area contributed by atoms with Crippen LogP contribution in [-0.4, -0.2) is 30.4 Å². The molecule has 1 fully saturated rings. The van der Waals surface area contributed by atoms with Gasteiger partial charge >= 0.3 is 0 Å². The molecule has 2 aromatic carbocycles. The van der Waals surface area contributed by atoms with Gasteiger partial charge in [-0.2, -0.15) is 0 Å². The van der Waals surface area contributed by atoms with Gasteiger partial charge < -0.3 is 10.6 Å². The van der Waals surface area contributed by atoms with Crippen molar-refractivity contribution in [3.63, 3.8) is 0 Å². The molecule has 1 aliphatic rings. The van der Waals surface area contributed by atoms with E-state index in [2.05, 4.69) is 12.1 Å². The highest BCUT2D eigenvalue weighted by Crippen LogP contribution is 2.21. The molecule has 0 bridgehead atoms. The summed E-state index contributed by atoms with van der Waals surface area (Å²) in [5, 5.41) is 0. The van der Waals surface area contributed by atoms with Gasteiger partial charge in [0.1, 0.15) is 0 Å². The molecule has 2 N–H and O–H groups in total. The number of amides is 1. The average Bonchev–Trinajstić information content (AvgIpc) is 3.04. The molecule has 3 nitrogen and oxygen atoms in total. The number of likely N-dealkylation sites (tertiary alicyclic amines) is 1. The topological polar surface area (TPSA) is 46.3 Å². The third-order valence-corrected chi connectivity index (χ3v) is 4.15. The number of nitrogens with two attached hydrogens (primary N) is 1. The number of rotatable bonds is 3. The standard InChI is InChI=1S/C18H20N2O.ClH/c19-12-14-10-11-20(13-14)18(21)17-8-6-16(7-9-17)15-4-2-1-3-5-15;/h1-9,14H,10-13,19H2;1H. The van der Waals surface area contributed by atoms with E-state index in [1.807, 2.05) is 47.4 Å². The van der Waals surface area contributed by atoms with Crippen LogP contribution in [0, 0.1) is 5.92 Å². The molecule has 0 radical (unpaired) electrons. The number of halogens is 1. The van der Waals surface area contributed by atoms with Gasteiger partial charge in [-0.25, -0.2) is 0 Å². The van der Waals surface area contributed by atoms with E-state index in [0.29, 0.717) is 12.5 Å². The first-order chi connectivity index (χ1) is 10.3. The monoisotopic (exact) mass is 316 g/mol. The zero-order chi connectivity index (χ0) is 14.7. The van der Waals surface area contributed by atoms with E-state index < -0.39 is 0 Å². The van der Waals surface area contributed by atoms with Crippen molar-refractivity contribution in [3.8, 4) is 11.1 Å². The Hall–Kier alpha value is -1.84. The first-order valence-corrected chi connectivity index (χ1v) is 7.43. The molecular formula is C18H21ClN2O. The van der Waals surface area contributed by atoms with E-state index in [-0.39, 0.29) is 18.3 Å². The van der Waals surface area contributed by atoms with Gasteiger partial charge in [-0.15, -0.1) is 12.4 Å². The van der Waals surface area contributed by atoms with Crippen molar-refractivity contribution in [2.75, 3.05) is 19.6 Å². The predicted octanol–water partition coefficient (Wildman–Crippen LogP) is 3.20. The molecule has 0 saturated carbocycles. The molecule has 2 aromatic rings. The van der Waals surface area contributed by atoms with Crippen molar-refractivity contribution >= 4 is 18.3 Å². The first kappa shape index (κ1) is 16.5. The summed E-state index contributed by atoms with van der Waals surface area (Å²) in [5.41, 5.74) is 8.74. The van der Waals surface area contributed by atoms with E-state index in [0.717, 1.165) is 30.6 Å². The number of nitrogens with zero attached hydrogens (tertiary/aromatic N) is 1. The molecule has 4 heteroatoms. The SMILES string of the molecule is Cl.NCC1CCN(C(=O)c2ccc(-c3ccccc3)cc2)C1. The van der Waals surface area contributed by atoms with Crippen LogP contribution >= 0.6 is 12.4 Å². The Morgan fingerprint density at radius 1 is 1.05 bits per heavy atom. The summed E-state index contributed by atoms with van der Waals surface area (Å²) in [6.07, 6.45) is 1.02. The molecule has 1 atom stereocenters. The van der Waals surface area contributed by atoms with Crippen molar-refractivity contribution in [2.45, 2.75) is 6.42 Å². The summed E-state index contributed by atoms with van der Waals surface area (Å²) in [6.45, 7) is 2.27. The van der Waals surface area contributed by atoms with Crippen LogP contribution in [0.3, 0.4) is 0 Å². The van der Waals surface area contributed by atoms with E-state index in [9.17, 15) is 4.79 Å². The van der Waals surface area contributed by atoms with Crippen LogP contribution in [0.1, 0.15) is 16.8 Å². The van der Waals surface area contributed by atoms with Crippen LogP contribution in [0.5, 0.6) is 0 Å². The van der Waals surface area contributed by atoms with Crippen LogP contribution in [0.15, 0.2) is 54.6 Å². The van der Waals surface area contributed by atoms with E-state index in [4.69, 9.17) is 5.73 Å². The third-order valence-electron chi connectivity index (χ3n) is 4.15. The zero-order valence-electron chi connectivity index (χ0n) is 12.4. The Labute approximate surface area is 137 Å². The fourth-order valence-corrected chi connectivity index (χ4v) is 2.83. The van der Waals surface area contributed by atoms with Crippen LogP contribution in [0.2, 0.25) is 0 Å². The first-order valence-electron chi connectivity index (χ1n) is 7.43. The Balaban J connectivity index is 0.00000176. The van der Waals surface area contributed by atoms with Gasteiger partial charge in [0.15, 0.2) is 0 Å². The fraction of sp³-hybridized carbons (Fsp3) is 0.278. The molecule has 1 saturated heterocycles. The quantitative estimate of drug-likeness (QED) is 0.945. The number of hydrogen-bond acceptors (Lipinski definition) is 2. The summed E-state index contributed by atoms with van der Waals surface area (Å²) in [6, 6.07) is 18.0. The largest absolute Gasteiger partial charge is 0.338 e. The lowest BCUT2D eigenvalue weighted by Crippen LogP contribution is -2.29. The lowest BCUT2D eigenvalue weighted by Gasteiger charge is -2.16. The highest BCUT2D eigenvalue weighted by atomic mass is 35.5. The smallest absolute Gasteiger partial charge is 0.253 e.